The second-order valence-corrected chi connectivity index (χ2v) is 10.7. The number of aromatic nitrogens is 4. The SMILES string of the molecule is O=C(Cl)C=Cc1ccc(-c2nc3c([nH]2)c(=O)n(CC2CCCCC2)c(=O)n3CC2CCCCC2)cc1. The standard InChI is InChI=1S/C28H33ClN4O3/c29-23(34)16-13-19-11-14-22(15-12-19)25-30-24-26(31-25)32(17-20-7-3-1-4-8-20)28(36)33(27(24)35)18-21-9-5-2-6-10-21/h11-16,20-21H,1-10,17-18H2,(H,30,31). The van der Waals surface area contributed by atoms with Gasteiger partial charge in [-0.2, -0.15) is 0 Å². The van der Waals surface area contributed by atoms with Crippen LogP contribution in [0.25, 0.3) is 28.6 Å². The Kier molecular flexibility index (Phi) is 7.56. The lowest BCUT2D eigenvalue weighted by molar-refractivity contribution is -0.107. The van der Waals surface area contributed by atoms with E-state index in [2.05, 4.69) is 4.98 Å². The lowest BCUT2D eigenvalue weighted by Crippen LogP contribution is -2.42. The van der Waals surface area contributed by atoms with E-state index in [1.165, 1.54) is 36.3 Å². The number of nitrogens with one attached hydrogen (secondary N) is 1. The largest absolute Gasteiger partial charge is 0.332 e. The zero-order chi connectivity index (χ0) is 25.1. The van der Waals surface area contributed by atoms with Gasteiger partial charge in [-0.15, -0.1) is 0 Å². The zero-order valence-electron chi connectivity index (χ0n) is 20.5. The van der Waals surface area contributed by atoms with Crippen LogP contribution >= 0.6 is 11.6 Å². The highest BCUT2D eigenvalue weighted by atomic mass is 35.5. The van der Waals surface area contributed by atoms with Crippen LogP contribution in [0.5, 0.6) is 0 Å². The van der Waals surface area contributed by atoms with Gasteiger partial charge in [0.25, 0.3) is 5.56 Å². The Hall–Kier alpha value is -2.93. The predicted octanol–water partition coefficient (Wildman–Crippen LogP) is 5.49. The summed E-state index contributed by atoms with van der Waals surface area (Å²) in [4.78, 5) is 46.2. The molecule has 2 heterocycles. The molecule has 0 bridgehead atoms. The number of fused-ring (bicyclic) bond motifs is 1. The first-order chi connectivity index (χ1) is 17.5. The van der Waals surface area contributed by atoms with Gasteiger partial charge in [0.05, 0.1) is 0 Å². The molecule has 1 aromatic carbocycles. The smallest absolute Gasteiger partial charge is 0.332 e. The van der Waals surface area contributed by atoms with Crippen molar-refractivity contribution in [3.8, 4) is 11.4 Å². The van der Waals surface area contributed by atoms with Gasteiger partial charge in [0.15, 0.2) is 5.65 Å². The Balaban J connectivity index is 1.56. The van der Waals surface area contributed by atoms with Gasteiger partial charge in [-0.1, -0.05) is 68.9 Å². The Morgan fingerprint density at radius 3 is 2.08 bits per heavy atom. The lowest BCUT2D eigenvalue weighted by Gasteiger charge is -2.24. The van der Waals surface area contributed by atoms with E-state index in [1.807, 2.05) is 24.3 Å². The first-order valence-electron chi connectivity index (χ1n) is 13.2. The Morgan fingerprint density at radius 2 is 1.50 bits per heavy atom. The number of carbonyl (C=O) groups excluding carboxylic acids is 1. The van der Waals surface area contributed by atoms with Gasteiger partial charge >= 0.3 is 5.69 Å². The summed E-state index contributed by atoms with van der Waals surface area (Å²) >= 11 is 5.39. The van der Waals surface area contributed by atoms with Gasteiger partial charge in [-0.05, 0) is 60.8 Å². The Bertz CT molecular complexity index is 1370. The molecular formula is C28H33ClN4O3. The van der Waals surface area contributed by atoms with Crippen molar-refractivity contribution < 1.29 is 4.79 Å². The van der Waals surface area contributed by atoms with E-state index in [9.17, 15) is 14.4 Å². The molecule has 0 saturated heterocycles. The van der Waals surface area contributed by atoms with Crippen LogP contribution in [0.1, 0.15) is 69.8 Å². The van der Waals surface area contributed by atoms with Crippen molar-refractivity contribution in [3.05, 3.63) is 56.7 Å². The van der Waals surface area contributed by atoms with Gasteiger partial charge < -0.3 is 4.98 Å². The number of hydrogen-bond donors (Lipinski definition) is 1. The molecule has 2 fully saturated rings. The van der Waals surface area contributed by atoms with E-state index in [1.54, 1.807) is 10.6 Å². The number of imidazole rings is 1. The molecule has 5 rings (SSSR count). The summed E-state index contributed by atoms with van der Waals surface area (Å²) in [5.41, 5.74) is 1.96. The van der Waals surface area contributed by atoms with E-state index in [4.69, 9.17) is 16.6 Å². The van der Waals surface area contributed by atoms with Crippen LogP contribution in [0.15, 0.2) is 39.9 Å². The molecule has 0 amide bonds. The number of benzene rings is 1. The molecular weight excluding hydrogens is 476 g/mol. The van der Waals surface area contributed by atoms with Crippen LogP contribution in [0, 0.1) is 11.8 Å². The molecule has 0 atom stereocenters. The minimum atomic E-state index is -0.531. The van der Waals surface area contributed by atoms with Crippen molar-refractivity contribution in [2.24, 2.45) is 11.8 Å². The highest BCUT2D eigenvalue weighted by Gasteiger charge is 2.24. The molecule has 2 aliphatic rings. The van der Waals surface area contributed by atoms with E-state index >= 15 is 0 Å². The molecule has 0 aliphatic heterocycles. The minimum Gasteiger partial charge on any atom is -0.332 e. The van der Waals surface area contributed by atoms with Crippen LogP contribution in [-0.2, 0) is 17.9 Å². The van der Waals surface area contributed by atoms with E-state index < -0.39 is 5.24 Å². The molecule has 2 aromatic heterocycles. The van der Waals surface area contributed by atoms with E-state index in [0.717, 1.165) is 49.7 Å². The highest BCUT2D eigenvalue weighted by molar-refractivity contribution is 6.66. The minimum absolute atomic E-state index is 0.229. The number of carbonyl (C=O) groups is 1. The fraction of sp³-hybridized carbons (Fsp3) is 0.500. The van der Waals surface area contributed by atoms with Crippen LogP contribution in [0.2, 0.25) is 0 Å². The van der Waals surface area contributed by atoms with Crippen LogP contribution in [0.3, 0.4) is 0 Å². The Labute approximate surface area is 215 Å². The van der Waals surface area contributed by atoms with Crippen molar-refractivity contribution >= 4 is 34.1 Å². The lowest BCUT2D eigenvalue weighted by atomic mass is 9.89. The number of H-pyrrole nitrogens is 1. The van der Waals surface area contributed by atoms with Gasteiger partial charge in [0.1, 0.15) is 11.3 Å². The van der Waals surface area contributed by atoms with Gasteiger partial charge in [0, 0.05) is 18.7 Å². The topological polar surface area (TPSA) is 89.8 Å². The van der Waals surface area contributed by atoms with E-state index in [0.29, 0.717) is 41.9 Å². The number of hydrogen-bond acceptors (Lipinski definition) is 4. The highest BCUT2D eigenvalue weighted by Crippen LogP contribution is 2.27. The second-order valence-electron chi connectivity index (χ2n) is 10.4. The normalized spacial score (nSPS) is 17.8. The molecule has 7 nitrogen and oxygen atoms in total. The first kappa shape index (κ1) is 24.8. The zero-order valence-corrected chi connectivity index (χ0v) is 21.3. The van der Waals surface area contributed by atoms with Crippen molar-refractivity contribution in [2.75, 3.05) is 0 Å². The molecule has 0 unspecified atom stereocenters. The second kappa shape index (κ2) is 11.0. The summed E-state index contributed by atoms with van der Waals surface area (Å²) in [7, 11) is 0. The van der Waals surface area contributed by atoms with Gasteiger partial charge in [-0.25, -0.2) is 9.78 Å². The summed E-state index contributed by atoms with van der Waals surface area (Å²) in [5.74, 6) is 1.35. The number of rotatable bonds is 7. The molecule has 2 saturated carbocycles. The summed E-state index contributed by atoms with van der Waals surface area (Å²) in [6, 6.07) is 7.46. The van der Waals surface area contributed by atoms with Gasteiger partial charge in [0.2, 0.25) is 5.24 Å². The van der Waals surface area contributed by atoms with Crippen LogP contribution in [0.4, 0.5) is 0 Å². The maximum absolute atomic E-state index is 13.7. The molecule has 36 heavy (non-hydrogen) atoms. The third kappa shape index (κ3) is 5.41. The molecule has 0 radical (unpaired) electrons. The third-order valence-electron chi connectivity index (χ3n) is 7.78. The van der Waals surface area contributed by atoms with Crippen molar-refractivity contribution in [3.63, 3.8) is 0 Å². The Morgan fingerprint density at radius 1 is 0.917 bits per heavy atom. The molecule has 2 aliphatic carbocycles. The van der Waals surface area contributed by atoms with Crippen LogP contribution in [-0.4, -0.2) is 24.3 Å². The average Bonchev–Trinajstić information content (AvgIpc) is 3.35. The van der Waals surface area contributed by atoms with Crippen LogP contribution < -0.4 is 11.2 Å². The predicted molar refractivity (Wildman–Crippen MR) is 143 cm³/mol. The molecule has 3 aromatic rings. The maximum Gasteiger partial charge on any atom is 0.332 e. The molecule has 0 spiro atoms. The first-order valence-corrected chi connectivity index (χ1v) is 13.6. The number of aromatic amines is 1. The number of halogens is 1. The maximum atomic E-state index is 13.7. The molecule has 190 valence electrons. The quantitative estimate of drug-likeness (QED) is 0.337. The van der Waals surface area contributed by atoms with Crippen molar-refractivity contribution in [2.45, 2.75) is 77.3 Å². The van der Waals surface area contributed by atoms with E-state index in [-0.39, 0.29) is 11.2 Å². The monoisotopic (exact) mass is 508 g/mol. The molecule has 1 N–H and O–H groups in total. The summed E-state index contributed by atoms with van der Waals surface area (Å²) in [6.45, 7) is 1.08. The molecule has 8 heteroatoms. The fourth-order valence-corrected chi connectivity index (χ4v) is 5.86. The number of allylic oxidation sites excluding steroid dienone is 1. The summed E-state index contributed by atoms with van der Waals surface area (Å²) in [5, 5.41) is -0.531. The third-order valence-corrected chi connectivity index (χ3v) is 7.91. The fourth-order valence-electron chi connectivity index (χ4n) is 5.80. The van der Waals surface area contributed by atoms with Gasteiger partial charge in [-0.3, -0.25) is 18.7 Å². The van der Waals surface area contributed by atoms with Crippen molar-refractivity contribution in [1.82, 2.24) is 19.1 Å². The number of nitrogens with zero attached hydrogens (tertiary/aromatic N) is 3. The average molecular weight is 509 g/mol. The summed E-state index contributed by atoms with van der Waals surface area (Å²) < 4.78 is 3.21. The van der Waals surface area contributed by atoms with Crippen molar-refractivity contribution in [1.29, 1.82) is 0 Å². The summed E-state index contributed by atoms with van der Waals surface area (Å²) in [6.07, 6.45) is 14.5.